The standard InChI is InChI=1S/C8H11NO3/c1-2-12-8(11)5-6-3-4-7(10)9-6/h5H,2-4H2,1H3,(H,9,10)/b6-5-. The van der Waals surface area contributed by atoms with Crippen LogP contribution in [0.1, 0.15) is 19.8 Å². The molecular weight excluding hydrogens is 158 g/mol. The Bertz CT molecular complexity index is 232. The molecular formula is C8H11NO3. The highest BCUT2D eigenvalue weighted by Gasteiger charge is 2.14. The number of hydrogen-bond donors (Lipinski definition) is 1. The lowest BCUT2D eigenvalue weighted by Crippen LogP contribution is -2.13. The van der Waals surface area contributed by atoms with E-state index in [1.807, 2.05) is 0 Å². The van der Waals surface area contributed by atoms with Crippen LogP contribution in [-0.2, 0) is 14.3 Å². The SMILES string of the molecule is CCOC(=O)/C=C1/CCC(=O)N1. The predicted octanol–water partition coefficient (Wildman–Crippen LogP) is 0.343. The summed E-state index contributed by atoms with van der Waals surface area (Å²) in [5.74, 6) is -0.430. The van der Waals surface area contributed by atoms with Crippen molar-refractivity contribution in [3.05, 3.63) is 11.8 Å². The number of allylic oxidation sites excluding steroid dienone is 1. The van der Waals surface area contributed by atoms with Crippen molar-refractivity contribution < 1.29 is 14.3 Å². The monoisotopic (exact) mass is 169 g/mol. The number of carbonyl (C=O) groups is 2. The van der Waals surface area contributed by atoms with Crippen LogP contribution in [0.5, 0.6) is 0 Å². The summed E-state index contributed by atoms with van der Waals surface area (Å²) in [5, 5.41) is 2.56. The summed E-state index contributed by atoms with van der Waals surface area (Å²) in [6.45, 7) is 2.10. The van der Waals surface area contributed by atoms with Crippen molar-refractivity contribution in [2.24, 2.45) is 0 Å². The Labute approximate surface area is 70.6 Å². The van der Waals surface area contributed by atoms with Gasteiger partial charge in [-0.2, -0.15) is 0 Å². The summed E-state index contributed by atoms with van der Waals surface area (Å²) in [4.78, 5) is 21.5. The molecule has 0 aromatic carbocycles. The lowest BCUT2D eigenvalue weighted by Gasteiger charge is -1.97. The van der Waals surface area contributed by atoms with E-state index in [-0.39, 0.29) is 5.91 Å². The van der Waals surface area contributed by atoms with Crippen LogP contribution in [0.4, 0.5) is 0 Å². The van der Waals surface area contributed by atoms with Crippen molar-refractivity contribution in [2.75, 3.05) is 6.61 Å². The highest BCUT2D eigenvalue weighted by atomic mass is 16.5. The van der Waals surface area contributed by atoms with E-state index in [0.29, 0.717) is 25.1 Å². The summed E-state index contributed by atoms with van der Waals surface area (Å²) in [6.07, 6.45) is 2.40. The molecule has 1 rings (SSSR count). The fourth-order valence-corrected chi connectivity index (χ4v) is 0.987. The van der Waals surface area contributed by atoms with Gasteiger partial charge in [0, 0.05) is 18.2 Å². The second-order valence-corrected chi connectivity index (χ2v) is 2.47. The summed E-state index contributed by atoms with van der Waals surface area (Å²) in [7, 11) is 0. The minimum Gasteiger partial charge on any atom is -0.463 e. The maximum Gasteiger partial charge on any atom is 0.332 e. The van der Waals surface area contributed by atoms with Gasteiger partial charge in [0.05, 0.1) is 6.61 Å². The van der Waals surface area contributed by atoms with Crippen molar-refractivity contribution in [1.82, 2.24) is 5.32 Å². The largest absolute Gasteiger partial charge is 0.463 e. The zero-order chi connectivity index (χ0) is 8.97. The first-order chi connectivity index (χ1) is 5.72. The minimum atomic E-state index is -0.394. The zero-order valence-corrected chi connectivity index (χ0v) is 6.92. The zero-order valence-electron chi connectivity index (χ0n) is 6.92. The second kappa shape index (κ2) is 3.90. The van der Waals surface area contributed by atoms with Gasteiger partial charge in [-0.1, -0.05) is 0 Å². The van der Waals surface area contributed by atoms with Crippen LogP contribution in [-0.4, -0.2) is 18.5 Å². The Hall–Kier alpha value is -1.32. The average Bonchev–Trinajstić information content (AvgIpc) is 2.36. The van der Waals surface area contributed by atoms with Gasteiger partial charge in [0.15, 0.2) is 0 Å². The highest BCUT2D eigenvalue weighted by molar-refractivity contribution is 5.87. The molecule has 0 aliphatic carbocycles. The van der Waals surface area contributed by atoms with Crippen molar-refractivity contribution in [3.63, 3.8) is 0 Å². The smallest absolute Gasteiger partial charge is 0.332 e. The third-order valence-corrected chi connectivity index (χ3v) is 1.50. The molecule has 0 radical (unpaired) electrons. The quantitative estimate of drug-likeness (QED) is 0.479. The van der Waals surface area contributed by atoms with Gasteiger partial charge in [0.2, 0.25) is 5.91 Å². The average molecular weight is 169 g/mol. The van der Waals surface area contributed by atoms with Gasteiger partial charge in [-0.25, -0.2) is 4.79 Å². The van der Waals surface area contributed by atoms with Gasteiger partial charge in [-0.15, -0.1) is 0 Å². The molecule has 0 saturated carbocycles. The van der Waals surface area contributed by atoms with E-state index in [4.69, 9.17) is 0 Å². The molecule has 12 heavy (non-hydrogen) atoms. The lowest BCUT2D eigenvalue weighted by molar-refractivity contribution is -0.137. The van der Waals surface area contributed by atoms with Crippen LogP contribution in [0.3, 0.4) is 0 Å². The van der Waals surface area contributed by atoms with E-state index < -0.39 is 5.97 Å². The number of carbonyl (C=O) groups excluding carboxylic acids is 2. The Kier molecular flexibility index (Phi) is 2.85. The molecule has 4 nitrogen and oxygen atoms in total. The fourth-order valence-electron chi connectivity index (χ4n) is 0.987. The molecule has 0 atom stereocenters. The Balaban J connectivity index is 2.46. The van der Waals surface area contributed by atoms with Crippen molar-refractivity contribution in [3.8, 4) is 0 Å². The summed E-state index contributed by atoms with van der Waals surface area (Å²) >= 11 is 0. The molecule has 0 bridgehead atoms. The molecule has 1 aliphatic heterocycles. The van der Waals surface area contributed by atoms with Crippen LogP contribution in [0.25, 0.3) is 0 Å². The summed E-state index contributed by atoms with van der Waals surface area (Å²) in [6, 6.07) is 0. The Morgan fingerprint density at radius 1 is 1.67 bits per heavy atom. The molecule has 1 saturated heterocycles. The molecule has 0 aromatic rings. The number of nitrogens with one attached hydrogen (secondary N) is 1. The first-order valence-corrected chi connectivity index (χ1v) is 3.89. The molecule has 1 fully saturated rings. The van der Waals surface area contributed by atoms with Crippen LogP contribution >= 0.6 is 0 Å². The number of amides is 1. The Morgan fingerprint density at radius 2 is 2.42 bits per heavy atom. The number of rotatable bonds is 2. The first-order valence-electron chi connectivity index (χ1n) is 3.89. The maximum absolute atomic E-state index is 10.9. The fraction of sp³-hybridized carbons (Fsp3) is 0.500. The van der Waals surface area contributed by atoms with E-state index in [0.717, 1.165) is 0 Å². The van der Waals surface area contributed by atoms with Gasteiger partial charge in [0.25, 0.3) is 0 Å². The molecule has 1 heterocycles. The van der Waals surface area contributed by atoms with Crippen LogP contribution in [0.15, 0.2) is 11.8 Å². The number of ether oxygens (including phenoxy) is 1. The summed E-state index contributed by atoms with van der Waals surface area (Å²) < 4.78 is 4.67. The molecule has 0 aromatic heterocycles. The van der Waals surface area contributed by atoms with E-state index in [9.17, 15) is 9.59 Å². The Morgan fingerprint density at radius 3 is 2.92 bits per heavy atom. The van der Waals surface area contributed by atoms with Gasteiger partial charge in [0.1, 0.15) is 0 Å². The van der Waals surface area contributed by atoms with Crippen molar-refractivity contribution in [2.45, 2.75) is 19.8 Å². The molecule has 1 amide bonds. The normalized spacial score (nSPS) is 19.4. The minimum absolute atomic E-state index is 0.0365. The third-order valence-electron chi connectivity index (χ3n) is 1.50. The molecule has 0 unspecified atom stereocenters. The van der Waals surface area contributed by atoms with E-state index >= 15 is 0 Å². The highest BCUT2D eigenvalue weighted by Crippen LogP contribution is 2.09. The van der Waals surface area contributed by atoms with Gasteiger partial charge >= 0.3 is 5.97 Å². The van der Waals surface area contributed by atoms with Crippen LogP contribution < -0.4 is 5.32 Å². The molecule has 66 valence electrons. The lowest BCUT2D eigenvalue weighted by atomic mass is 10.3. The van der Waals surface area contributed by atoms with Crippen LogP contribution in [0.2, 0.25) is 0 Å². The predicted molar refractivity (Wildman–Crippen MR) is 42.1 cm³/mol. The van der Waals surface area contributed by atoms with Crippen LogP contribution in [0, 0.1) is 0 Å². The van der Waals surface area contributed by atoms with Crippen molar-refractivity contribution in [1.29, 1.82) is 0 Å². The molecule has 1 N–H and O–H groups in total. The van der Waals surface area contributed by atoms with Gasteiger partial charge in [-0.3, -0.25) is 4.79 Å². The van der Waals surface area contributed by atoms with E-state index in [1.165, 1.54) is 6.08 Å². The second-order valence-electron chi connectivity index (χ2n) is 2.47. The van der Waals surface area contributed by atoms with Gasteiger partial charge < -0.3 is 10.1 Å². The van der Waals surface area contributed by atoms with E-state index in [1.54, 1.807) is 6.92 Å². The number of esters is 1. The topological polar surface area (TPSA) is 55.4 Å². The summed E-state index contributed by atoms with van der Waals surface area (Å²) in [5.41, 5.74) is 0.651. The van der Waals surface area contributed by atoms with E-state index in [2.05, 4.69) is 10.1 Å². The number of hydrogen-bond acceptors (Lipinski definition) is 3. The maximum atomic E-state index is 10.9. The molecule has 0 spiro atoms. The molecule has 1 aliphatic rings. The van der Waals surface area contributed by atoms with Gasteiger partial charge in [-0.05, 0) is 13.3 Å². The van der Waals surface area contributed by atoms with Crippen molar-refractivity contribution >= 4 is 11.9 Å². The first kappa shape index (κ1) is 8.77. The molecule has 4 heteroatoms. The third kappa shape index (κ3) is 2.38.